The lowest BCUT2D eigenvalue weighted by Crippen LogP contribution is -2.00. The van der Waals surface area contributed by atoms with Crippen molar-refractivity contribution in [3.05, 3.63) is 70.8 Å². The summed E-state index contributed by atoms with van der Waals surface area (Å²) in [7, 11) is 0. The first-order valence-corrected chi connectivity index (χ1v) is 8.60. The number of nitrogens with zero attached hydrogens (tertiary/aromatic N) is 2. The van der Waals surface area contributed by atoms with Gasteiger partial charge in [-0.05, 0) is 98.5 Å². The van der Waals surface area contributed by atoms with Crippen LogP contribution in [0.2, 0.25) is 0 Å². The Morgan fingerprint density at radius 3 is 1.08 bits per heavy atom. The van der Waals surface area contributed by atoms with Crippen LogP contribution in [0.25, 0.3) is 0 Å². The van der Waals surface area contributed by atoms with E-state index in [0.29, 0.717) is 0 Å². The quantitative estimate of drug-likeness (QED) is 0.590. The molecule has 0 heterocycles. The van der Waals surface area contributed by atoms with Gasteiger partial charge >= 0.3 is 0 Å². The minimum atomic E-state index is 0.826. The molecule has 132 valence electrons. The molecule has 0 radical (unpaired) electrons. The van der Waals surface area contributed by atoms with Crippen LogP contribution in [-0.2, 0) is 0 Å². The molecule has 4 nitrogen and oxygen atoms in total. The van der Waals surface area contributed by atoms with Crippen molar-refractivity contribution in [2.24, 2.45) is 9.98 Å². The predicted molar refractivity (Wildman–Crippen MR) is 113 cm³/mol. The summed E-state index contributed by atoms with van der Waals surface area (Å²) in [6.45, 7) is 8.00. The summed E-state index contributed by atoms with van der Waals surface area (Å²) in [5.74, 6) is 0. The first-order valence-electron chi connectivity index (χ1n) is 8.60. The largest absolute Gasteiger partial charge is 0.398 e. The van der Waals surface area contributed by atoms with E-state index in [1.807, 2.05) is 76.3 Å². The monoisotopic (exact) mass is 344 g/mol. The van der Waals surface area contributed by atoms with Crippen LogP contribution in [0.1, 0.15) is 22.3 Å². The number of aryl methyl sites for hydroxylation is 4. The summed E-state index contributed by atoms with van der Waals surface area (Å²) in [4.78, 5) is 9.36. The fraction of sp³-hybridized carbons (Fsp3) is 0.182. The molecule has 2 aromatic carbocycles. The van der Waals surface area contributed by atoms with Gasteiger partial charge in [0.15, 0.2) is 0 Å². The minimum absolute atomic E-state index is 0.826. The summed E-state index contributed by atoms with van der Waals surface area (Å²) in [5, 5.41) is 0. The number of hydrogen-bond acceptors (Lipinski definition) is 4. The number of nitrogen functional groups attached to an aromatic ring is 2. The Morgan fingerprint density at radius 2 is 0.808 bits per heavy atom. The van der Waals surface area contributed by atoms with Crippen LogP contribution in [0.5, 0.6) is 0 Å². The molecule has 4 N–H and O–H groups in total. The highest BCUT2D eigenvalue weighted by molar-refractivity contribution is 6.19. The second-order valence-electron chi connectivity index (χ2n) is 6.73. The Morgan fingerprint density at radius 1 is 0.538 bits per heavy atom. The number of allylic oxidation sites excluding steroid dienone is 4. The van der Waals surface area contributed by atoms with Gasteiger partial charge in [-0.25, -0.2) is 9.98 Å². The Kier molecular flexibility index (Phi) is 4.76. The number of benzene rings is 2. The maximum Gasteiger partial charge on any atom is 0.0643 e. The third-order valence-corrected chi connectivity index (χ3v) is 4.52. The molecule has 3 rings (SSSR count). The van der Waals surface area contributed by atoms with Gasteiger partial charge in [-0.3, -0.25) is 0 Å². The number of nitrogens with two attached hydrogens (primary N) is 2. The Labute approximate surface area is 154 Å². The van der Waals surface area contributed by atoms with Crippen molar-refractivity contribution in [3.63, 3.8) is 0 Å². The van der Waals surface area contributed by atoms with E-state index in [9.17, 15) is 0 Å². The van der Waals surface area contributed by atoms with Crippen molar-refractivity contribution in [2.75, 3.05) is 11.5 Å². The van der Waals surface area contributed by atoms with Gasteiger partial charge in [-0.15, -0.1) is 0 Å². The highest BCUT2D eigenvalue weighted by atomic mass is 14.8. The van der Waals surface area contributed by atoms with Crippen LogP contribution >= 0.6 is 0 Å². The number of hydrogen-bond donors (Lipinski definition) is 2. The average Bonchev–Trinajstić information content (AvgIpc) is 2.59. The molecule has 4 heteroatoms. The van der Waals surface area contributed by atoms with Crippen LogP contribution < -0.4 is 11.5 Å². The molecule has 1 aliphatic rings. The van der Waals surface area contributed by atoms with Gasteiger partial charge in [0.2, 0.25) is 0 Å². The highest BCUT2D eigenvalue weighted by Crippen LogP contribution is 2.26. The third-order valence-electron chi connectivity index (χ3n) is 4.52. The maximum atomic E-state index is 6.01. The van der Waals surface area contributed by atoms with E-state index in [4.69, 9.17) is 11.5 Å². The lowest BCUT2D eigenvalue weighted by molar-refractivity contribution is 1.36. The molecule has 0 amide bonds. The summed E-state index contributed by atoms with van der Waals surface area (Å²) >= 11 is 0. The standard InChI is InChI=1S/C22H24N4/c1-13-9-19(10-14(2)21(13)23)25-17-5-7-18(8-6-17)26-20-11-15(3)22(24)16(4)12-20/h5-12H,23-24H2,1-4H3. The molecule has 0 aromatic heterocycles. The van der Waals surface area contributed by atoms with Crippen LogP contribution in [0, 0.1) is 27.7 Å². The Hall–Kier alpha value is -3.14. The predicted octanol–water partition coefficient (Wildman–Crippen LogP) is 5.06. The van der Waals surface area contributed by atoms with Gasteiger partial charge in [-0.1, -0.05) is 0 Å². The highest BCUT2D eigenvalue weighted by Gasteiger charge is 2.05. The number of rotatable bonds is 2. The van der Waals surface area contributed by atoms with Crippen LogP contribution in [-0.4, -0.2) is 11.4 Å². The molecular weight excluding hydrogens is 320 g/mol. The van der Waals surface area contributed by atoms with Gasteiger partial charge in [0.25, 0.3) is 0 Å². The Balaban J connectivity index is 1.84. The van der Waals surface area contributed by atoms with Crippen molar-refractivity contribution in [2.45, 2.75) is 27.7 Å². The minimum Gasteiger partial charge on any atom is -0.398 e. The van der Waals surface area contributed by atoms with Crippen LogP contribution in [0.15, 0.2) is 58.6 Å². The van der Waals surface area contributed by atoms with Gasteiger partial charge < -0.3 is 11.5 Å². The van der Waals surface area contributed by atoms with Gasteiger partial charge in [-0.2, -0.15) is 0 Å². The normalized spacial score (nSPS) is 13.2. The molecule has 26 heavy (non-hydrogen) atoms. The van der Waals surface area contributed by atoms with E-state index in [-0.39, 0.29) is 0 Å². The molecule has 0 fully saturated rings. The SMILES string of the molecule is Cc1cc(N=C2C=CC(=Nc3cc(C)c(N)c(C)c3)C=C2)cc(C)c1N. The molecule has 0 atom stereocenters. The molecule has 2 aromatic rings. The summed E-state index contributed by atoms with van der Waals surface area (Å²) in [5.41, 5.74) is 21.4. The second kappa shape index (κ2) is 7.00. The van der Waals surface area contributed by atoms with E-state index < -0.39 is 0 Å². The van der Waals surface area contributed by atoms with E-state index in [1.54, 1.807) is 0 Å². The van der Waals surface area contributed by atoms with Crippen molar-refractivity contribution in [1.82, 2.24) is 0 Å². The molecule has 0 bridgehead atoms. The molecule has 0 aliphatic heterocycles. The smallest absolute Gasteiger partial charge is 0.0643 e. The second-order valence-corrected chi connectivity index (χ2v) is 6.73. The van der Waals surface area contributed by atoms with Crippen molar-refractivity contribution >= 4 is 34.2 Å². The molecule has 0 spiro atoms. The van der Waals surface area contributed by atoms with Gasteiger partial charge in [0, 0.05) is 11.4 Å². The number of aliphatic imine (C=N–C) groups is 2. The topological polar surface area (TPSA) is 76.8 Å². The number of anilines is 2. The lowest BCUT2D eigenvalue weighted by Gasteiger charge is -2.08. The third kappa shape index (κ3) is 3.75. The molecule has 0 saturated carbocycles. The lowest BCUT2D eigenvalue weighted by atomic mass is 10.1. The molecule has 1 aliphatic carbocycles. The maximum absolute atomic E-state index is 6.01. The van der Waals surface area contributed by atoms with Crippen LogP contribution in [0.3, 0.4) is 0 Å². The van der Waals surface area contributed by atoms with Gasteiger partial charge in [0.05, 0.1) is 22.8 Å². The fourth-order valence-corrected chi connectivity index (χ4v) is 2.93. The fourth-order valence-electron chi connectivity index (χ4n) is 2.93. The Bertz CT molecular complexity index is 848. The van der Waals surface area contributed by atoms with Crippen molar-refractivity contribution < 1.29 is 0 Å². The van der Waals surface area contributed by atoms with E-state index >= 15 is 0 Å². The van der Waals surface area contributed by atoms with E-state index in [2.05, 4.69) is 9.98 Å². The zero-order valence-electron chi connectivity index (χ0n) is 15.7. The molecular formula is C22H24N4. The summed E-state index contributed by atoms with van der Waals surface area (Å²) < 4.78 is 0. The summed E-state index contributed by atoms with van der Waals surface area (Å²) in [6, 6.07) is 8.00. The average molecular weight is 344 g/mol. The first-order chi connectivity index (χ1) is 12.3. The van der Waals surface area contributed by atoms with E-state index in [0.717, 1.165) is 56.4 Å². The zero-order valence-corrected chi connectivity index (χ0v) is 15.7. The molecule has 0 unspecified atom stereocenters. The first kappa shape index (κ1) is 17.7. The van der Waals surface area contributed by atoms with Crippen molar-refractivity contribution in [1.29, 1.82) is 0 Å². The zero-order chi connectivity index (χ0) is 18.8. The van der Waals surface area contributed by atoms with E-state index in [1.165, 1.54) is 0 Å². The van der Waals surface area contributed by atoms with Crippen LogP contribution in [0.4, 0.5) is 22.7 Å². The van der Waals surface area contributed by atoms with Crippen molar-refractivity contribution in [3.8, 4) is 0 Å². The van der Waals surface area contributed by atoms with Gasteiger partial charge in [0.1, 0.15) is 0 Å². The summed E-state index contributed by atoms with van der Waals surface area (Å²) in [6.07, 6.45) is 7.88. The molecule has 0 saturated heterocycles.